The zero-order valence-electron chi connectivity index (χ0n) is 12.6. The zero-order chi connectivity index (χ0) is 14.5. The molecule has 0 saturated carbocycles. The minimum Gasteiger partial charge on any atom is -0.377 e. The molecule has 2 nitrogen and oxygen atoms in total. The maximum absolute atomic E-state index is 5.46. The van der Waals surface area contributed by atoms with Crippen molar-refractivity contribution in [3.05, 3.63) is 59.7 Å². The molecule has 106 valence electrons. The van der Waals surface area contributed by atoms with Crippen LogP contribution in [-0.2, 0) is 9.47 Å². The lowest BCUT2D eigenvalue weighted by Gasteiger charge is -2.16. The first-order valence-corrected chi connectivity index (χ1v) is 6.92. The molecule has 2 unspecified atom stereocenters. The van der Waals surface area contributed by atoms with Crippen LogP contribution in [0.5, 0.6) is 0 Å². The predicted molar refractivity (Wildman–Crippen MR) is 82.7 cm³/mol. The van der Waals surface area contributed by atoms with E-state index in [0.717, 1.165) is 0 Å². The summed E-state index contributed by atoms with van der Waals surface area (Å²) in [5.41, 5.74) is 4.83. The second kappa shape index (κ2) is 6.69. The number of methoxy groups -OCH3 is 2. The molecule has 0 saturated heterocycles. The molecule has 0 aromatic heterocycles. The van der Waals surface area contributed by atoms with E-state index in [1.807, 2.05) is 0 Å². The van der Waals surface area contributed by atoms with E-state index in [9.17, 15) is 0 Å². The van der Waals surface area contributed by atoms with E-state index >= 15 is 0 Å². The number of benzene rings is 2. The van der Waals surface area contributed by atoms with E-state index in [0.29, 0.717) is 0 Å². The fourth-order valence-corrected chi connectivity index (χ4v) is 2.31. The largest absolute Gasteiger partial charge is 0.377 e. The van der Waals surface area contributed by atoms with Gasteiger partial charge in [0.25, 0.3) is 0 Å². The summed E-state index contributed by atoms with van der Waals surface area (Å²) in [6, 6.07) is 16.9. The summed E-state index contributed by atoms with van der Waals surface area (Å²) in [5.74, 6) is 0. The summed E-state index contributed by atoms with van der Waals surface area (Å²) in [5, 5.41) is 0. The first-order valence-electron chi connectivity index (χ1n) is 6.92. The molecule has 0 aliphatic carbocycles. The maximum Gasteiger partial charge on any atom is 0.0799 e. The van der Waals surface area contributed by atoms with Crippen LogP contribution in [0.25, 0.3) is 11.1 Å². The zero-order valence-corrected chi connectivity index (χ0v) is 12.6. The van der Waals surface area contributed by atoms with Gasteiger partial charge in [0.15, 0.2) is 0 Å². The quantitative estimate of drug-likeness (QED) is 0.779. The molecule has 0 spiro atoms. The highest BCUT2D eigenvalue weighted by molar-refractivity contribution is 5.68. The minimum absolute atomic E-state index is 0.0868. The molecule has 2 rings (SSSR count). The highest BCUT2D eigenvalue weighted by Gasteiger charge is 2.11. The Hall–Kier alpha value is -1.64. The van der Waals surface area contributed by atoms with Gasteiger partial charge in [-0.1, -0.05) is 48.5 Å². The van der Waals surface area contributed by atoms with Gasteiger partial charge < -0.3 is 9.47 Å². The monoisotopic (exact) mass is 270 g/mol. The number of hydrogen-bond donors (Lipinski definition) is 0. The molecule has 20 heavy (non-hydrogen) atoms. The van der Waals surface area contributed by atoms with Gasteiger partial charge in [-0.05, 0) is 36.1 Å². The van der Waals surface area contributed by atoms with Crippen molar-refractivity contribution in [2.24, 2.45) is 0 Å². The Morgan fingerprint density at radius 3 is 1.95 bits per heavy atom. The highest BCUT2D eigenvalue weighted by atomic mass is 16.5. The summed E-state index contributed by atoms with van der Waals surface area (Å²) < 4.78 is 10.8. The van der Waals surface area contributed by atoms with Crippen LogP contribution in [0.4, 0.5) is 0 Å². The average Bonchev–Trinajstić information content (AvgIpc) is 2.53. The van der Waals surface area contributed by atoms with Crippen LogP contribution in [0.3, 0.4) is 0 Å². The predicted octanol–water partition coefficient (Wildman–Crippen LogP) is 4.77. The molecule has 0 N–H and O–H groups in total. The van der Waals surface area contributed by atoms with Crippen molar-refractivity contribution in [1.29, 1.82) is 0 Å². The fraction of sp³-hybridized carbons (Fsp3) is 0.333. The van der Waals surface area contributed by atoms with Crippen molar-refractivity contribution in [1.82, 2.24) is 0 Å². The third kappa shape index (κ3) is 3.09. The summed E-state index contributed by atoms with van der Waals surface area (Å²) in [4.78, 5) is 0. The van der Waals surface area contributed by atoms with Gasteiger partial charge in [-0.25, -0.2) is 0 Å². The average molecular weight is 270 g/mol. The molecule has 0 radical (unpaired) electrons. The summed E-state index contributed by atoms with van der Waals surface area (Å²) in [7, 11) is 3.47. The van der Waals surface area contributed by atoms with E-state index in [-0.39, 0.29) is 12.2 Å². The molecule has 2 aromatic rings. The standard InChI is InChI=1S/C18H22O2/c1-13(19-3)15-9-11-16(12-10-15)18-8-6-5-7-17(18)14(2)20-4/h5-14H,1-4H3. The van der Waals surface area contributed by atoms with Crippen LogP contribution in [-0.4, -0.2) is 14.2 Å². The lowest BCUT2D eigenvalue weighted by atomic mass is 9.95. The normalized spacial score (nSPS) is 14.0. The Bertz CT molecular complexity index is 546. The van der Waals surface area contributed by atoms with Gasteiger partial charge in [0.2, 0.25) is 0 Å². The van der Waals surface area contributed by atoms with Crippen molar-refractivity contribution >= 4 is 0 Å². The highest BCUT2D eigenvalue weighted by Crippen LogP contribution is 2.30. The summed E-state index contributed by atoms with van der Waals surface area (Å²) in [6.07, 6.45) is 0.209. The van der Waals surface area contributed by atoms with Gasteiger partial charge in [0, 0.05) is 14.2 Å². The topological polar surface area (TPSA) is 18.5 Å². The van der Waals surface area contributed by atoms with Crippen LogP contribution >= 0.6 is 0 Å². The van der Waals surface area contributed by atoms with E-state index in [4.69, 9.17) is 9.47 Å². The van der Waals surface area contributed by atoms with Crippen LogP contribution in [0.15, 0.2) is 48.5 Å². The summed E-state index contributed by atoms with van der Waals surface area (Å²) in [6.45, 7) is 4.12. The SMILES string of the molecule is COC(C)c1ccc(-c2ccccc2C(C)OC)cc1. The maximum atomic E-state index is 5.46. The number of rotatable bonds is 5. The number of ether oxygens (including phenoxy) is 2. The van der Waals surface area contributed by atoms with Crippen LogP contribution in [0.2, 0.25) is 0 Å². The van der Waals surface area contributed by atoms with Crippen molar-refractivity contribution < 1.29 is 9.47 Å². The third-order valence-corrected chi connectivity index (χ3v) is 3.80. The first-order chi connectivity index (χ1) is 9.67. The smallest absolute Gasteiger partial charge is 0.0799 e. The minimum atomic E-state index is 0.0868. The van der Waals surface area contributed by atoms with E-state index < -0.39 is 0 Å². The van der Waals surface area contributed by atoms with Gasteiger partial charge in [-0.2, -0.15) is 0 Å². The van der Waals surface area contributed by atoms with Crippen LogP contribution in [0.1, 0.15) is 37.2 Å². The number of hydrogen-bond acceptors (Lipinski definition) is 2. The Balaban J connectivity index is 2.37. The second-order valence-corrected chi connectivity index (χ2v) is 4.97. The molecule has 0 aliphatic rings. The van der Waals surface area contributed by atoms with Crippen molar-refractivity contribution in [2.45, 2.75) is 26.1 Å². The van der Waals surface area contributed by atoms with Gasteiger partial charge >= 0.3 is 0 Å². The third-order valence-electron chi connectivity index (χ3n) is 3.80. The Labute approximate surface area is 121 Å². The molecular weight excluding hydrogens is 248 g/mol. The van der Waals surface area contributed by atoms with Gasteiger partial charge in [0.05, 0.1) is 12.2 Å². The molecule has 0 fully saturated rings. The molecule has 2 heteroatoms. The Morgan fingerprint density at radius 2 is 1.35 bits per heavy atom. The second-order valence-electron chi connectivity index (χ2n) is 4.97. The van der Waals surface area contributed by atoms with Crippen LogP contribution < -0.4 is 0 Å². The lowest BCUT2D eigenvalue weighted by molar-refractivity contribution is 0.119. The van der Waals surface area contributed by atoms with Gasteiger partial charge in [-0.3, -0.25) is 0 Å². The van der Waals surface area contributed by atoms with Crippen molar-refractivity contribution in [2.75, 3.05) is 14.2 Å². The first kappa shape index (κ1) is 14.8. The van der Waals surface area contributed by atoms with Gasteiger partial charge in [0.1, 0.15) is 0 Å². The van der Waals surface area contributed by atoms with Crippen LogP contribution in [0, 0.1) is 0 Å². The molecule has 0 amide bonds. The van der Waals surface area contributed by atoms with Crippen molar-refractivity contribution in [3.63, 3.8) is 0 Å². The van der Waals surface area contributed by atoms with E-state index in [1.165, 1.54) is 22.3 Å². The Kier molecular flexibility index (Phi) is 4.94. The lowest BCUT2D eigenvalue weighted by Crippen LogP contribution is -1.99. The molecule has 2 aromatic carbocycles. The summed E-state index contributed by atoms with van der Waals surface area (Å²) >= 11 is 0. The molecular formula is C18H22O2. The van der Waals surface area contributed by atoms with Gasteiger partial charge in [-0.15, -0.1) is 0 Å². The Morgan fingerprint density at radius 1 is 0.750 bits per heavy atom. The molecule has 0 heterocycles. The van der Waals surface area contributed by atoms with E-state index in [1.54, 1.807) is 14.2 Å². The molecule has 0 aliphatic heterocycles. The molecule has 2 atom stereocenters. The van der Waals surface area contributed by atoms with E-state index in [2.05, 4.69) is 62.4 Å². The fourth-order valence-electron chi connectivity index (χ4n) is 2.31. The van der Waals surface area contributed by atoms with Crippen molar-refractivity contribution in [3.8, 4) is 11.1 Å². The molecule has 0 bridgehead atoms.